The van der Waals surface area contributed by atoms with Gasteiger partial charge in [0.1, 0.15) is 0 Å². The van der Waals surface area contributed by atoms with E-state index in [-0.39, 0.29) is 12.1 Å². The standard InChI is InChI=1S/C13H24ClN3O/c1-5-8-15-12(11(6-2)18-7-3)13-10(14)9-16-17(13)4/h9,11-12,15H,5-8H2,1-4H3. The van der Waals surface area contributed by atoms with Crippen LogP contribution in [0.4, 0.5) is 0 Å². The number of hydrogen-bond acceptors (Lipinski definition) is 3. The van der Waals surface area contributed by atoms with Crippen molar-refractivity contribution in [2.24, 2.45) is 7.05 Å². The van der Waals surface area contributed by atoms with Crippen molar-refractivity contribution in [2.45, 2.75) is 45.8 Å². The van der Waals surface area contributed by atoms with Crippen molar-refractivity contribution in [3.8, 4) is 0 Å². The summed E-state index contributed by atoms with van der Waals surface area (Å²) in [6.07, 6.45) is 3.83. The molecule has 5 heteroatoms. The smallest absolute Gasteiger partial charge is 0.0835 e. The van der Waals surface area contributed by atoms with Gasteiger partial charge in [-0.25, -0.2) is 0 Å². The second-order valence-electron chi connectivity index (χ2n) is 4.34. The molecule has 4 nitrogen and oxygen atoms in total. The Kier molecular flexibility index (Phi) is 6.68. The van der Waals surface area contributed by atoms with Gasteiger partial charge in [-0.3, -0.25) is 4.68 Å². The highest BCUT2D eigenvalue weighted by atomic mass is 35.5. The average molecular weight is 274 g/mol. The molecular weight excluding hydrogens is 250 g/mol. The lowest BCUT2D eigenvalue weighted by atomic mass is 10.0. The van der Waals surface area contributed by atoms with Gasteiger partial charge < -0.3 is 10.1 Å². The zero-order valence-electron chi connectivity index (χ0n) is 11.7. The number of nitrogens with zero attached hydrogens (tertiary/aromatic N) is 2. The van der Waals surface area contributed by atoms with Gasteiger partial charge in [0.2, 0.25) is 0 Å². The van der Waals surface area contributed by atoms with E-state index in [4.69, 9.17) is 16.3 Å². The summed E-state index contributed by atoms with van der Waals surface area (Å²) in [5, 5.41) is 8.43. The van der Waals surface area contributed by atoms with Crippen LogP contribution < -0.4 is 5.32 Å². The normalized spacial score (nSPS) is 14.7. The molecule has 1 aromatic heterocycles. The number of ether oxygens (including phenoxy) is 1. The minimum absolute atomic E-state index is 0.0925. The molecule has 1 aromatic rings. The Morgan fingerprint density at radius 2 is 2.17 bits per heavy atom. The zero-order valence-corrected chi connectivity index (χ0v) is 12.5. The molecule has 18 heavy (non-hydrogen) atoms. The minimum atomic E-state index is 0.0925. The fourth-order valence-corrected chi connectivity index (χ4v) is 2.42. The van der Waals surface area contributed by atoms with Gasteiger partial charge in [0.05, 0.1) is 29.1 Å². The molecule has 0 spiro atoms. The van der Waals surface area contributed by atoms with E-state index in [1.54, 1.807) is 6.20 Å². The molecule has 0 aliphatic heterocycles. The lowest BCUT2D eigenvalue weighted by molar-refractivity contribution is 0.0294. The third-order valence-electron chi connectivity index (χ3n) is 3.00. The van der Waals surface area contributed by atoms with Crippen molar-refractivity contribution in [1.82, 2.24) is 15.1 Å². The van der Waals surface area contributed by atoms with Crippen molar-refractivity contribution in [3.63, 3.8) is 0 Å². The van der Waals surface area contributed by atoms with E-state index < -0.39 is 0 Å². The summed E-state index contributed by atoms with van der Waals surface area (Å²) in [5.74, 6) is 0. The Labute approximate surface area is 115 Å². The summed E-state index contributed by atoms with van der Waals surface area (Å²) in [4.78, 5) is 0. The van der Waals surface area contributed by atoms with Gasteiger partial charge in [0, 0.05) is 13.7 Å². The third-order valence-corrected chi connectivity index (χ3v) is 3.29. The first-order chi connectivity index (χ1) is 8.65. The van der Waals surface area contributed by atoms with Gasteiger partial charge in [0.15, 0.2) is 0 Å². The van der Waals surface area contributed by atoms with Crippen LogP contribution in [0.15, 0.2) is 6.20 Å². The molecule has 0 radical (unpaired) electrons. The van der Waals surface area contributed by atoms with E-state index in [1.807, 2.05) is 18.7 Å². The number of aromatic nitrogens is 2. The first-order valence-corrected chi connectivity index (χ1v) is 7.05. The fraction of sp³-hybridized carbons (Fsp3) is 0.769. The van der Waals surface area contributed by atoms with Crippen LogP contribution in [-0.2, 0) is 11.8 Å². The largest absolute Gasteiger partial charge is 0.376 e. The summed E-state index contributed by atoms with van der Waals surface area (Å²) >= 11 is 6.24. The molecule has 0 bridgehead atoms. The lowest BCUT2D eigenvalue weighted by Crippen LogP contribution is -2.35. The molecule has 1 N–H and O–H groups in total. The van der Waals surface area contributed by atoms with Crippen molar-refractivity contribution in [3.05, 3.63) is 16.9 Å². The van der Waals surface area contributed by atoms with Crippen LogP contribution in [0, 0.1) is 0 Å². The zero-order chi connectivity index (χ0) is 13.5. The fourth-order valence-electron chi connectivity index (χ4n) is 2.14. The van der Waals surface area contributed by atoms with E-state index in [2.05, 4.69) is 24.3 Å². The molecule has 0 aliphatic carbocycles. The van der Waals surface area contributed by atoms with Gasteiger partial charge in [-0.1, -0.05) is 25.4 Å². The molecule has 2 atom stereocenters. The highest BCUT2D eigenvalue weighted by molar-refractivity contribution is 6.31. The monoisotopic (exact) mass is 273 g/mol. The Hall–Kier alpha value is -0.580. The van der Waals surface area contributed by atoms with Crippen LogP contribution in [0.2, 0.25) is 5.02 Å². The first-order valence-electron chi connectivity index (χ1n) is 6.67. The van der Waals surface area contributed by atoms with Crippen LogP contribution in [0.3, 0.4) is 0 Å². The molecule has 1 rings (SSSR count). The molecule has 0 amide bonds. The third kappa shape index (κ3) is 3.70. The summed E-state index contributed by atoms with van der Waals surface area (Å²) in [7, 11) is 1.92. The van der Waals surface area contributed by atoms with E-state index in [0.717, 1.165) is 25.1 Å². The molecule has 104 valence electrons. The van der Waals surface area contributed by atoms with Crippen molar-refractivity contribution >= 4 is 11.6 Å². The highest BCUT2D eigenvalue weighted by Gasteiger charge is 2.26. The van der Waals surface area contributed by atoms with Crippen molar-refractivity contribution in [2.75, 3.05) is 13.2 Å². The Bertz CT molecular complexity index is 335. The molecular formula is C13H24ClN3O. The van der Waals surface area contributed by atoms with Crippen molar-refractivity contribution in [1.29, 1.82) is 0 Å². The highest BCUT2D eigenvalue weighted by Crippen LogP contribution is 2.27. The number of nitrogens with one attached hydrogen (secondary N) is 1. The molecule has 0 saturated carbocycles. The number of aryl methyl sites for hydroxylation is 1. The second kappa shape index (κ2) is 7.77. The molecule has 0 aliphatic rings. The molecule has 1 heterocycles. The predicted octanol–water partition coefficient (Wildman–Crippen LogP) is 2.93. The van der Waals surface area contributed by atoms with E-state index in [9.17, 15) is 0 Å². The van der Waals surface area contributed by atoms with Crippen molar-refractivity contribution < 1.29 is 4.74 Å². The topological polar surface area (TPSA) is 39.1 Å². The summed E-state index contributed by atoms with van der Waals surface area (Å²) in [5.41, 5.74) is 1.01. The Morgan fingerprint density at radius 1 is 1.44 bits per heavy atom. The maximum absolute atomic E-state index is 6.24. The van der Waals surface area contributed by atoms with Gasteiger partial charge in [-0.2, -0.15) is 5.10 Å². The Morgan fingerprint density at radius 3 is 2.61 bits per heavy atom. The maximum Gasteiger partial charge on any atom is 0.0835 e. The first kappa shape index (κ1) is 15.5. The predicted molar refractivity (Wildman–Crippen MR) is 75.0 cm³/mol. The van der Waals surface area contributed by atoms with Crippen LogP contribution in [0.25, 0.3) is 0 Å². The average Bonchev–Trinajstić information content (AvgIpc) is 2.69. The minimum Gasteiger partial charge on any atom is -0.376 e. The number of halogens is 1. The van der Waals surface area contributed by atoms with Gasteiger partial charge in [0.25, 0.3) is 0 Å². The van der Waals surface area contributed by atoms with E-state index in [1.165, 1.54) is 0 Å². The van der Waals surface area contributed by atoms with Gasteiger partial charge >= 0.3 is 0 Å². The Balaban J connectivity index is 2.96. The molecule has 2 unspecified atom stereocenters. The quantitative estimate of drug-likeness (QED) is 0.792. The van der Waals surface area contributed by atoms with E-state index in [0.29, 0.717) is 11.6 Å². The van der Waals surface area contributed by atoms with Crippen LogP contribution in [0.1, 0.15) is 45.3 Å². The SMILES string of the molecule is CCCNC(c1c(Cl)cnn1C)C(CC)OCC. The van der Waals surface area contributed by atoms with Crippen LogP contribution >= 0.6 is 11.6 Å². The maximum atomic E-state index is 6.24. The molecule has 0 fully saturated rings. The lowest BCUT2D eigenvalue weighted by Gasteiger charge is -2.27. The number of hydrogen-bond donors (Lipinski definition) is 1. The number of rotatable bonds is 8. The summed E-state index contributed by atoms with van der Waals surface area (Å²) in [6, 6.07) is 0.0925. The molecule has 0 saturated heterocycles. The summed E-state index contributed by atoms with van der Waals surface area (Å²) in [6.45, 7) is 7.94. The van der Waals surface area contributed by atoms with E-state index >= 15 is 0 Å². The summed E-state index contributed by atoms with van der Waals surface area (Å²) < 4.78 is 7.65. The van der Waals surface area contributed by atoms with Crippen LogP contribution in [-0.4, -0.2) is 29.0 Å². The molecule has 0 aromatic carbocycles. The second-order valence-corrected chi connectivity index (χ2v) is 4.74. The van der Waals surface area contributed by atoms with Gasteiger partial charge in [-0.05, 0) is 26.3 Å². The van der Waals surface area contributed by atoms with Crippen LogP contribution in [0.5, 0.6) is 0 Å². The van der Waals surface area contributed by atoms with Gasteiger partial charge in [-0.15, -0.1) is 0 Å².